The number of hydrogen-bond acceptors (Lipinski definition) is 3. The number of aliphatic hydroxyl groups excluding tert-OH is 1. The third kappa shape index (κ3) is 3.63. The van der Waals surface area contributed by atoms with Gasteiger partial charge in [-0.3, -0.25) is 0 Å². The van der Waals surface area contributed by atoms with Gasteiger partial charge in [0.15, 0.2) is 0 Å². The lowest BCUT2D eigenvalue weighted by Gasteiger charge is -2.31. The number of rotatable bonds is 6. The maximum absolute atomic E-state index is 9.73. The van der Waals surface area contributed by atoms with E-state index in [9.17, 15) is 5.11 Å². The fourth-order valence-corrected chi connectivity index (χ4v) is 2.56. The molecule has 0 aliphatic carbocycles. The van der Waals surface area contributed by atoms with E-state index < -0.39 is 5.54 Å². The summed E-state index contributed by atoms with van der Waals surface area (Å²) >= 11 is 0. The van der Waals surface area contributed by atoms with Crippen LogP contribution in [-0.2, 0) is 5.54 Å². The van der Waals surface area contributed by atoms with Crippen molar-refractivity contribution in [2.24, 2.45) is 5.73 Å². The Morgan fingerprint density at radius 3 is 2.29 bits per heavy atom. The molecule has 0 saturated heterocycles. The summed E-state index contributed by atoms with van der Waals surface area (Å²) in [6.45, 7) is 2.83. The van der Waals surface area contributed by atoms with E-state index in [1.807, 2.05) is 42.5 Å². The van der Waals surface area contributed by atoms with Crippen LogP contribution in [0.2, 0.25) is 0 Å². The molecule has 0 radical (unpaired) electrons. The first-order chi connectivity index (χ1) is 10.1. The average Bonchev–Trinajstić information content (AvgIpc) is 2.53. The summed E-state index contributed by atoms with van der Waals surface area (Å²) in [5, 5.41) is 9.73. The molecule has 0 aromatic heterocycles. The Kier molecular flexibility index (Phi) is 4.99. The van der Waals surface area contributed by atoms with Crippen molar-refractivity contribution in [2.45, 2.75) is 18.9 Å². The quantitative estimate of drug-likeness (QED) is 0.857. The Morgan fingerprint density at radius 2 is 1.67 bits per heavy atom. The van der Waals surface area contributed by atoms with E-state index in [0.29, 0.717) is 6.42 Å². The third-order valence-corrected chi connectivity index (χ3v) is 4.05. The lowest BCUT2D eigenvalue weighted by molar-refractivity contribution is 0.189. The Balaban J connectivity index is 2.09. The normalized spacial score (nSPS) is 13.7. The fraction of sp³-hybridized carbons (Fsp3) is 0.333. The molecule has 112 valence electrons. The highest BCUT2D eigenvalue weighted by Gasteiger charge is 2.26. The summed E-state index contributed by atoms with van der Waals surface area (Å²) < 4.78 is 0. The highest BCUT2D eigenvalue weighted by Crippen LogP contribution is 2.24. The molecule has 0 spiro atoms. The van der Waals surface area contributed by atoms with Crippen molar-refractivity contribution < 1.29 is 5.11 Å². The predicted octanol–water partition coefficient (Wildman–Crippen LogP) is 2.67. The molecule has 1 unspecified atom stereocenters. The van der Waals surface area contributed by atoms with Crippen LogP contribution in [0.3, 0.4) is 0 Å². The van der Waals surface area contributed by atoms with Crippen molar-refractivity contribution in [2.75, 3.05) is 25.1 Å². The fourth-order valence-electron chi connectivity index (χ4n) is 2.56. The van der Waals surface area contributed by atoms with Crippen LogP contribution in [0, 0.1) is 6.92 Å². The van der Waals surface area contributed by atoms with Crippen LogP contribution in [0.5, 0.6) is 0 Å². The van der Waals surface area contributed by atoms with E-state index in [2.05, 4.69) is 31.0 Å². The third-order valence-electron chi connectivity index (χ3n) is 4.05. The molecule has 3 N–H and O–H groups in total. The first-order valence-electron chi connectivity index (χ1n) is 7.29. The Bertz CT molecular complexity index is 570. The van der Waals surface area contributed by atoms with Gasteiger partial charge in [-0.25, -0.2) is 0 Å². The van der Waals surface area contributed by atoms with E-state index in [4.69, 9.17) is 5.73 Å². The second-order valence-corrected chi connectivity index (χ2v) is 5.64. The molecule has 1 atom stereocenters. The molecule has 0 bridgehead atoms. The van der Waals surface area contributed by atoms with Crippen LogP contribution in [-0.4, -0.2) is 25.3 Å². The lowest BCUT2D eigenvalue weighted by Crippen LogP contribution is -2.43. The second-order valence-electron chi connectivity index (χ2n) is 5.64. The average molecular weight is 284 g/mol. The van der Waals surface area contributed by atoms with Crippen LogP contribution in [0.1, 0.15) is 17.5 Å². The molecule has 3 heteroatoms. The zero-order valence-electron chi connectivity index (χ0n) is 12.8. The zero-order chi connectivity index (χ0) is 15.3. The van der Waals surface area contributed by atoms with Gasteiger partial charge in [-0.1, -0.05) is 48.5 Å². The summed E-state index contributed by atoms with van der Waals surface area (Å²) in [7, 11) is 2.06. The standard InChI is InChI=1S/C18H24N2O/c1-15-8-6-7-11-17(15)20(2)13-12-18(19,14-21)16-9-4-3-5-10-16/h3-11,21H,12-14,19H2,1-2H3. The van der Waals surface area contributed by atoms with Gasteiger partial charge >= 0.3 is 0 Å². The second kappa shape index (κ2) is 6.74. The first kappa shape index (κ1) is 15.5. The molecule has 2 aromatic rings. The molecule has 0 fully saturated rings. The largest absolute Gasteiger partial charge is 0.394 e. The first-order valence-corrected chi connectivity index (χ1v) is 7.29. The Morgan fingerprint density at radius 1 is 1.05 bits per heavy atom. The van der Waals surface area contributed by atoms with Crippen molar-refractivity contribution in [1.82, 2.24) is 0 Å². The smallest absolute Gasteiger partial charge is 0.0661 e. The lowest BCUT2D eigenvalue weighted by atomic mass is 9.88. The van der Waals surface area contributed by atoms with Crippen LogP contribution in [0.4, 0.5) is 5.69 Å². The summed E-state index contributed by atoms with van der Waals surface area (Å²) in [6, 6.07) is 18.1. The molecule has 0 saturated carbocycles. The molecule has 0 amide bonds. The number of hydrogen-bond donors (Lipinski definition) is 2. The number of nitrogens with zero attached hydrogens (tertiary/aromatic N) is 1. The predicted molar refractivity (Wildman–Crippen MR) is 88.5 cm³/mol. The van der Waals surface area contributed by atoms with E-state index in [1.165, 1.54) is 11.3 Å². The Hall–Kier alpha value is -1.84. The van der Waals surface area contributed by atoms with Crippen LogP contribution in [0.15, 0.2) is 54.6 Å². The molecule has 2 aromatic carbocycles. The molecule has 21 heavy (non-hydrogen) atoms. The minimum absolute atomic E-state index is 0.0569. The molecule has 0 aliphatic rings. The molecular formula is C18H24N2O. The van der Waals surface area contributed by atoms with Crippen molar-refractivity contribution in [3.05, 3.63) is 65.7 Å². The van der Waals surface area contributed by atoms with Gasteiger partial charge in [0.05, 0.1) is 12.1 Å². The number of aryl methyl sites for hydroxylation is 1. The van der Waals surface area contributed by atoms with Gasteiger partial charge in [0, 0.05) is 19.3 Å². The van der Waals surface area contributed by atoms with Gasteiger partial charge in [-0.15, -0.1) is 0 Å². The van der Waals surface area contributed by atoms with Gasteiger partial charge in [0.2, 0.25) is 0 Å². The number of para-hydroxylation sites is 1. The molecule has 2 rings (SSSR count). The number of benzene rings is 2. The van der Waals surface area contributed by atoms with Crippen LogP contribution in [0.25, 0.3) is 0 Å². The van der Waals surface area contributed by atoms with Gasteiger partial charge in [-0.05, 0) is 30.5 Å². The van der Waals surface area contributed by atoms with Gasteiger partial charge in [-0.2, -0.15) is 0 Å². The van der Waals surface area contributed by atoms with Gasteiger partial charge < -0.3 is 15.7 Å². The van der Waals surface area contributed by atoms with Crippen LogP contribution >= 0.6 is 0 Å². The zero-order valence-corrected chi connectivity index (χ0v) is 12.8. The molecule has 0 aliphatic heterocycles. The molecular weight excluding hydrogens is 260 g/mol. The summed E-state index contributed by atoms with van der Waals surface area (Å²) in [4.78, 5) is 2.19. The number of aliphatic hydroxyl groups is 1. The molecule has 3 nitrogen and oxygen atoms in total. The maximum Gasteiger partial charge on any atom is 0.0661 e. The number of nitrogens with two attached hydrogens (primary N) is 1. The van der Waals surface area contributed by atoms with Crippen LogP contribution < -0.4 is 10.6 Å². The topological polar surface area (TPSA) is 49.5 Å². The van der Waals surface area contributed by atoms with Gasteiger partial charge in [0.25, 0.3) is 0 Å². The van der Waals surface area contributed by atoms with Crippen molar-refractivity contribution in [3.63, 3.8) is 0 Å². The van der Waals surface area contributed by atoms with Crippen molar-refractivity contribution in [1.29, 1.82) is 0 Å². The SMILES string of the molecule is Cc1ccccc1N(C)CCC(N)(CO)c1ccccc1. The highest BCUT2D eigenvalue weighted by molar-refractivity contribution is 5.52. The van der Waals surface area contributed by atoms with Crippen molar-refractivity contribution in [3.8, 4) is 0 Å². The van der Waals surface area contributed by atoms with Gasteiger partial charge in [0.1, 0.15) is 0 Å². The van der Waals surface area contributed by atoms with E-state index in [0.717, 1.165) is 12.1 Å². The van der Waals surface area contributed by atoms with E-state index in [1.54, 1.807) is 0 Å². The highest BCUT2D eigenvalue weighted by atomic mass is 16.3. The van der Waals surface area contributed by atoms with Crippen molar-refractivity contribution >= 4 is 5.69 Å². The number of anilines is 1. The summed E-state index contributed by atoms with van der Waals surface area (Å²) in [5.41, 5.74) is 9.13. The minimum Gasteiger partial charge on any atom is -0.394 e. The Labute approximate surface area is 127 Å². The minimum atomic E-state index is -0.696. The van der Waals surface area contributed by atoms with E-state index in [-0.39, 0.29) is 6.61 Å². The summed E-state index contributed by atoms with van der Waals surface area (Å²) in [6.07, 6.45) is 0.693. The summed E-state index contributed by atoms with van der Waals surface area (Å²) in [5.74, 6) is 0. The molecule has 0 heterocycles. The van der Waals surface area contributed by atoms with E-state index >= 15 is 0 Å². The monoisotopic (exact) mass is 284 g/mol. The maximum atomic E-state index is 9.73.